The molecule has 6 heteroatoms. The van der Waals surface area contributed by atoms with Crippen LogP contribution in [0.1, 0.15) is 40.5 Å². The number of rotatable bonds is 5. The molecule has 0 unspecified atom stereocenters. The van der Waals surface area contributed by atoms with E-state index in [1.807, 2.05) is 6.92 Å². The van der Waals surface area contributed by atoms with Crippen LogP contribution >= 0.6 is 0 Å². The summed E-state index contributed by atoms with van der Waals surface area (Å²) in [7, 11) is 0. The van der Waals surface area contributed by atoms with E-state index < -0.39 is 23.4 Å². The van der Waals surface area contributed by atoms with Gasteiger partial charge in [-0.15, -0.1) is 0 Å². The molecule has 0 heterocycles. The molecule has 0 radical (unpaired) electrons. The number of esters is 1. The van der Waals surface area contributed by atoms with Crippen LogP contribution in [0, 0.1) is 0 Å². The van der Waals surface area contributed by atoms with Gasteiger partial charge in [0.05, 0.1) is 6.61 Å². The number of ether oxygens (including phenoxy) is 1. The third-order valence-corrected chi connectivity index (χ3v) is 1.84. The number of amides is 3. The molecule has 0 atom stereocenters. The minimum absolute atomic E-state index is 0.325. The van der Waals surface area contributed by atoms with Gasteiger partial charge in [-0.3, -0.25) is 10.1 Å². The molecule has 2 N–H and O–H groups in total. The highest BCUT2D eigenvalue weighted by Gasteiger charge is 2.14. The molecule has 6 nitrogen and oxygen atoms in total. The molecule has 0 aliphatic heterocycles. The van der Waals surface area contributed by atoms with Crippen LogP contribution in [0.4, 0.5) is 4.79 Å². The number of hydrogen-bond acceptors (Lipinski definition) is 4. The average Bonchev–Trinajstić information content (AvgIpc) is 2.24. The van der Waals surface area contributed by atoms with Crippen molar-refractivity contribution in [2.75, 3.05) is 6.61 Å². The van der Waals surface area contributed by atoms with Crippen molar-refractivity contribution in [2.24, 2.45) is 0 Å². The number of nitrogens with one attached hydrogen (secondary N) is 2. The van der Waals surface area contributed by atoms with E-state index in [4.69, 9.17) is 4.74 Å². The molecule has 3 amide bonds. The molecule has 19 heavy (non-hydrogen) atoms. The second-order valence-corrected chi connectivity index (χ2v) is 5.05. The Kier molecular flexibility index (Phi) is 7.48. The number of carbonyl (C=O) groups is 3. The van der Waals surface area contributed by atoms with Crippen LogP contribution in [0.25, 0.3) is 0 Å². The largest absolute Gasteiger partial charge is 0.463 e. The Bertz CT molecular complexity index is 356. The molecular formula is C13H22N2O4. The number of urea groups is 1. The maximum Gasteiger partial charge on any atom is 0.330 e. The van der Waals surface area contributed by atoms with E-state index in [0.717, 1.165) is 25.0 Å². The van der Waals surface area contributed by atoms with E-state index in [1.165, 1.54) is 0 Å². The smallest absolute Gasteiger partial charge is 0.330 e. The number of hydrogen-bond donors (Lipinski definition) is 2. The van der Waals surface area contributed by atoms with Gasteiger partial charge in [0.15, 0.2) is 0 Å². The van der Waals surface area contributed by atoms with Crippen LogP contribution < -0.4 is 10.6 Å². The maximum atomic E-state index is 11.3. The molecule has 0 saturated carbocycles. The lowest BCUT2D eigenvalue weighted by atomic mass is 10.1. The summed E-state index contributed by atoms with van der Waals surface area (Å²) in [6, 6.07) is -0.610. The summed E-state index contributed by atoms with van der Waals surface area (Å²) >= 11 is 0. The lowest BCUT2D eigenvalue weighted by Crippen LogP contribution is -2.47. The maximum absolute atomic E-state index is 11.3. The molecule has 0 rings (SSSR count). The Morgan fingerprint density at radius 2 is 1.79 bits per heavy atom. The first-order valence-electron chi connectivity index (χ1n) is 6.22. The lowest BCUT2D eigenvalue weighted by molar-refractivity contribution is -0.138. The quantitative estimate of drug-likeness (QED) is 0.450. The molecule has 0 fully saturated rings. The molecule has 0 bridgehead atoms. The summed E-state index contributed by atoms with van der Waals surface area (Å²) in [5.74, 6) is -1.27. The van der Waals surface area contributed by atoms with Crippen LogP contribution in [0.3, 0.4) is 0 Å². The zero-order chi connectivity index (χ0) is 14.9. The Labute approximate surface area is 113 Å². The third kappa shape index (κ3) is 11.0. The van der Waals surface area contributed by atoms with E-state index >= 15 is 0 Å². The molecule has 0 saturated heterocycles. The summed E-state index contributed by atoms with van der Waals surface area (Å²) in [5, 5.41) is 4.63. The Hall–Kier alpha value is -1.85. The topological polar surface area (TPSA) is 84.5 Å². The van der Waals surface area contributed by atoms with E-state index in [-0.39, 0.29) is 0 Å². The highest BCUT2D eigenvalue weighted by Crippen LogP contribution is 1.97. The lowest BCUT2D eigenvalue weighted by Gasteiger charge is -2.19. The minimum Gasteiger partial charge on any atom is -0.463 e. The molecular weight excluding hydrogens is 248 g/mol. The van der Waals surface area contributed by atoms with Crippen LogP contribution in [0.15, 0.2) is 12.2 Å². The van der Waals surface area contributed by atoms with Gasteiger partial charge in [0.1, 0.15) is 0 Å². The van der Waals surface area contributed by atoms with Gasteiger partial charge in [0, 0.05) is 17.7 Å². The van der Waals surface area contributed by atoms with E-state index in [0.29, 0.717) is 6.61 Å². The normalized spacial score (nSPS) is 11.2. The zero-order valence-electron chi connectivity index (χ0n) is 11.9. The predicted molar refractivity (Wildman–Crippen MR) is 71.4 cm³/mol. The van der Waals surface area contributed by atoms with Gasteiger partial charge in [-0.1, -0.05) is 13.3 Å². The fourth-order valence-corrected chi connectivity index (χ4v) is 1.03. The molecule has 0 aromatic heterocycles. The molecule has 0 aromatic carbocycles. The summed E-state index contributed by atoms with van der Waals surface area (Å²) in [5.41, 5.74) is -0.437. The van der Waals surface area contributed by atoms with Crippen molar-refractivity contribution >= 4 is 17.9 Å². The fourth-order valence-electron chi connectivity index (χ4n) is 1.03. The van der Waals surface area contributed by atoms with E-state index in [1.54, 1.807) is 20.8 Å². The SMILES string of the molecule is CCCCOC(=O)/C=C\C(=O)NC(=O)NC(C)(C)C. The van der Waals surface area contributed by atoms with Crippen molar-refractivity contribution < 1.29 is 19.1 Å². The summed E-state index contributed by atoms with van der Waals surface area (Å²) in [6.07, 6.45) is 3.66. The third-order valence-electron chi connectivity index (χ3n) is 1.84. The van der Waals surface area contributed by atoms with Crippen molar-refractivity contribution in [3.63, 3.8) is 0 Å². The molecule has 0 spiro atoms. The standard InChI is InChI=1S/C13H22N2O4/c1-5-6-9-19-11(17)8-7-10(16)14-12(18)15-13(2,3)4/h7-8H,5-6,9H2,1-4H3,(H2,14,15,16,18)/b8-7-. The van der Waals surface area contributed by atoms with Crippen LogP contribution in [-0.4, -0.2) is 30.1 Å². The molecule has 0 aromatic rings. The van der Waals surface area contributed by atoms with Crippen LogP contribution in [-0.2, 0) is 14.3 Å². The first-order chi connectivity index (χ1) is 8.74. The van der Waals surface area contributed by atoms with Gasteiger partial charge in [-0.2, -0.15) is 0 Å². The summed E-state index contributed by atoms with van der Waals surface area (Å²) in [6.45, 7) is 7.67. The second-order valence-electron chi connectivity index (χ2n) is 5.05. The van der Waals surface area contributed by atoms with Gasteiger partial charge < -0.3 is 10.1 Å². The number of carbonyl (C=O) groups excluding carboxylic acids is 3. The predicted octanol–water partition coefficient (Wildman–Crippen LogP) is 1.51. The van der Waals surface area contributed by atoms with Crippen LogP contribution in [0.5, 0.6) is 0 Å². The van der Waals surface area contributed by atoms with Gasteiger partial charge in [0.2, 0.25) is 0 Å². The van der Waals surface area contributed by atoms with Gasteiger partial charge in [0.25, 0.3) is 5.91 Å². The van der Waals surface area contributed by atoms with E-state index in [9.17, 15) is 14.4 Å². The highest BCUT2D eigenvalue weighted by molar-refractivity contribution is 6.02. The van der Waals surface area contributed by atoms with Crippen molar-refractivity contribution in [1.82, 2.24) is 10.6 Å². The highest BCUT2D eigenvalue weighted by atomic mass is 16.5. The second kappa shape index (κ2) is 8.29. The molecule has 0 aliphatic rings. The average molecular weight is 270 g/mol. The van der Waals surface area contributed by atoms with Gasteiger partial charge in [-0.05, 0) is 27.2 Å². The Morgan fingerprint density at radius 1 is 1.16 bits per heavy atom. The molecule has 0 aliphatic carbocycles. The van der Waals surface area contributed by atoms with Crippen LogP contribution in [0.2, 0.25) is 0 Å². The first kappa shape index (κ1) is 17.2. The van der Waals surface area contributed by atoms with Crippen molar-refractivity contribution in [3.05, 3.63) is 12.2 Å². The van der Waals surface area contributed by atoms with Crippen molar-refractivity contribution in [1.29, 1.82) is 0 Å². The van der Waals surface area contributed by atoms with Gasteiger partial charge in [-0.25, -0.2) is 9.59 Å². The molecule has 108 valence electrons. The van der Waals surface area contributed by atoms with Gasteiger partial charge >= 0.3 is 12.0 Å². The first-order valence-corrected chi connectivity index (χ1v) is 6.22. The fraction of sp³-hybridized carbons (Fsp3) is 0.615. The zero-order valence-corrected chi connectivity index (χ0v) is 11.9. The van der Waals surface area contributed by atoms with Crippen molar-refractivity contribution in [3.8, 4) is 0 Å². The summed E-state index contributed by atoms with van der Waals surface area (Å²) in [4.78, 5) is 33.8. The van der Waals surface area contributed by atoms with Crippen molar-refractivity contribution in [2.45, 2.75) is 46.1 Å². The monoisotopic (exact) mass is 270 g/mol. The summed E-state index contributed by atoms with van der Waals surface area (Å²) < 4.78 is 4.81. The number of unbranched alkanes of at least 4 members (excludes halogenated alkanes) is 1. The minimum atomic E-state index is -0.672. The Morgan fingerprint density at radius 3 is 2.32 bits per heavy atom. The van der Waals surface area contributed by atoms with E-state index in [2.05, 4.69) is 10.6 Å². The number of imide groups is 1. The Balaban J connectivity index is 4.03.